The normalized spacial score (nSPS) is 30.4. The van der Waals surface area contributed by atoms with Crippen LogP contribution in [0.2, 0.25) is 0 Å². The molecule has 0 aromatic carbocycles. The van der Waals surface area contributed by atoms with Gasteiger partial charge in [-0.1, -0.05) is 15.9 Å². The molecule has 0 aromatic rings. The summed E-state index contributed by atoms with van der Waals surface area (Å²) in [5.41, 5.74) is 1.68. The van der Waals surface area contributed by atoms with Crippen LogP contribution in [0.1, 0.15) is 34.6 Å². The molecule has 0 bridgehead atoms. The predicted molar refractivity (Wildman–Crippen MR) is 101 cm³/mol. The van der Waals surface area contributed by atoms with Crippen molar-refractivity contribution < 1.29 is 37.1 Å². The monoisotopic (exact) mass is 484 g/mol. The SMILES string of the molecule is CONC[C@@]1(Br)C(=O)N2[C@@H](C(=O)OCOC(=O)C(C)(C)C)C(C)(C)S(=O)(=O)[C@@H]21. The Bertz CT molecular complexity index is 791. The summed E-state index contributed by atoms with van der Waals surface area (Å²) in [4.78, 5) is 42.8. The zero-order chi connectivity index (χ0) is 21.7. The van der Waals surface area contributed by atoms with Crippen molar-refractivity contribution in [1.82, 2.24) is 10.4 Å². The van der Waals surface area contributed by atoms with Crippen molar-refractivity contribution in [3.8, 4) is 0 Å². The molecule has 0 radical (unpaired) electrons. The number of sulfone groups is 1. The highest BCUT2D eigenvalue weighted by atomic mass is 79.9. The van der Waals surface area contributed by atoms with E-state index in [4.69, 9.17) is 14.3 Å². The molecule has 2 heterocycles. The van der Waals surface area contributed by atoms with Crippen molar-refractivity contribution in [3.05, 3.63) is 0 Å². The number of hydroxylamine groups is 1. The topological polar surface area (TPSA) is 128 Å². The van der Waals surface area contributed by atoms with E-state index in [1.54, 1.807) is 20.8 Å². The minimum absolute atomic E-state index is 0.107. The maximum Gasteiger partial charge on any atom is 0.333 e. The first-order chi connectivity index (χ1) is 12.6. The Balaban J connectivity index is 2.21. The predicted octanol–water partition coefficient (Wildman–Crippen LogP) is 0.105. The lowest BCUT2D eigenvalue weighted by Crippen LogP contribution is -2.74. The van der Waals surface area contributed by atoms with E-state index in [2.05, 4.69) is 21.4 Å². The number of hydrogen-bond donors (Lipinski definition) is 1. The smallest absolute Gasteiger partial charge is 0.333 e. The largest absolute Gasteiger partial charge is 0.427 e. The first-order valence-electron chi connectivity index (χ1n) is 8.49. The molecule has 0 aliphatic carbocycles. The lowest BCUT2D eigenvalue weighted by molar-refractivity contribution is -0.180. The standard InChI is InChI=1S/C16H25BrN2O8S/c1-14(2,3)13(22)27-8-26-10(20)9-15(4,5)28(23,24)12-16(17,7-18-25-6)11(21)19(9)12/h9,12,18H,7-8H2,1-6H3/t9-,12+,16+/m0/s1. The van der Waals surface area contributed by atoms with E-state index in [0.29, 0.717) is 0 Å². The molecule has 2 rings (SSSR count). The van der Waals surface area contributed by atoms with Gasteiger partial charge in [-0.05, 0) is 34.6 Å². The average molecular weight is 485 g/mol. The van der Waals surface area contributed by atoms with Crippen molar-refractivity contribution in [2.75, 3.05) is 20.4 Å². The molecule has 2 fully saturated rings. The highest BCUT2D eigenvalue weighted by Crippen LogP contribution is 2.53. The molecule has 2 aliphatic rings. The maximum absolute atomic E-state index is 13.0. The van der Waals surface area contributed by atoms with E-state index in [1.165, 1.54) is 21.0 Å². The van der Waals surface area contributed by atoms with E-state index in [1.807, 2.05) is 0 Å². The number of amides is 1. The fourth-order valence-electron chi connectivity index (χ4n) is 3.18. The summed E-state index contributed by atoms with van der Waals surface area (Å²) in [6.45, 7) is 6.85. The molecule has 12 heteroatoms. The fraction of sp³-hybridized carbons (Fsp3) is 0.812. The van der Waals surface area contributed by atoms with Crippen LogP contribution in [0.5, 0.6) is 0 Å². The molecule has 0 unspecified atom stereocenters. The Morgan fingerprint density at radius 3 is 2.32 bits per heavy atom. The number of nitrogens with zero attached hydrogens (tertiary/aromatic N) is 1. The van der Waals surface area contributed by atoms with E-state index in [-0.39, 0.29) is 6.54 Å². The van der Waals surface area contributed by atoms with Crippen LogP contribution in [0.15, 0.2) is 0 Å². The number of halogens is 1. The summed E-state index contributed by atoms with van der Waals surface area (Å²) in [6.07, 6.45) is 0. The third kappa shape index (κ3) is 3.33. The second-order valence-electron chi connectivity index (χ2n) is 8.27. The minimum atomic E-state index is -3.94. The van der Waals surface area contributed by atoms with Crippen LogP contribution in [0.4, 0.5) is 0 Å². The molecule has 10 nitrogen and oxygen atoms in total. The summed E-state index contributed by atoms with van der Waals surface area (Å²) in [6, 6.07) is -1.36. The fourth-order valence-corrected chi connectivity index (χ4v) is 6.75. The molecular weight excluding hydrogens is 460 g/mol. The number of carbonyl (C=O) groups is 3. The van der Waals surface area contributed by atoms with Gasteiger partial charge in [0.15, 0.2) is 19.5 Å². The summed E-state index contributed by atoms with van der Waals surface area (Å²) < 4.78 is 32.9. The Hall–Kier alpha value is -1.24. The quantitative estimate of drug-likeness (QED) is 0.183. The highest BCUT2D eigenvalue weighted by Gasteiger charge is 2.77. The molecule has 1 amide bonds. The molecule has 2 aliphatic heterocycles. The van der Waals surface area contributed by atoms with Crippen LogP contribution in [0.25, 0.3) is 0 Å². The first kappa shape index (κ1) is 23.0. The Kier molecular flexibility index (Phi) is 5.94. The molecule has 1 N–H and O–H groups in total. The second kappa shape index (κ2) is 7.22. The number of β-lactam (4-membered cyclic amide) rings is 1. The van der Waals surface area contributed by atoms with Crippen molar-refractivity contribution in [2.45, 2.75) is 55.1 Å². The number of fused-ring (bicyclic) bond motifs is 1. The first-order valence-corrected chi connectivity index (χ1v) is 10.8. The number of carbonyl (C=O) groups excluding carboxylic acids is 3. The molecule has 2 saturated heterocycles. The van der Waals surface area contributed by atoms with Crippen LogP contribution >= 0.6 is 15.9 Å². The van der Waals surface area contributed by atoms with Gasteiger partial charge in [0.25, 0.3) is 0 Å². The van der Waals surface area contributed by atoms with Gasteiger partial charge in [0, 0.05) is 6.54 Å². The van der Waals surface area contributed by atoms with E-state index in [0.717, 1.165) is 4.90 Å². The number of rotatable bonds is 6. The summed E-state index contributed by atoms with van der Waals surface area (Å²) in [7, 11) is -2.60. The van der Waals surface area contributed by atoms with Crippen LogP contribution in [-0.2, 0) is 38.5 Å². The number of ether oxygens (including phenoxy) is 2. The molecule has 0 spiro atoms. The van der Waals surface area contributed by atoms with Crippen LogP contribution in [0, 0.1) is 5.41 Å². The number of alkyl halides is 1. The lowest BCUT2D eigenvalue weighted by Gasteiger charge is -2.48. The maximum atomic E-state index is 13.0. The minimum Gasteiger partial charge on any atom is -0.427 e. The Morgan fingerprint density at radius 1 is 1.25 bits per heavy atom. The zero-order valence-electron chi connectivity index (χ0n) is 16.6. The molecule has 3 atom stereocenters. The van der Waals surface area contributed by atoms with Gasteiger partial charge in [-0.15, -0.1) is 0 Å². The second-order valence-corrected chi connectivity index (χ2v) is 12.3. The van der Waals surface area contributed by atoms with Gasteiger partial charge in [-0.25, -0.2) is 18.7 Å². The molecule has 160 valence electrons. The number of esters is 2. The van der Waals surface area contributed by atoms with Gasteiger partial charge in [-0.2, -0.15) is 0 Å². The third-order valence-corrected chi connectivity index (χ3v) is 9.16. The summed E-state index contributed by atoms with van der Waals surface area (Å²) >= 11 is 3.20. The van der Waals surface area contributed by atoms with Gasteiger partial charge >= 0.3 is 11.9 Å². The Labute approximate surface area is 172 Å². The summed E-state index contributed by atoms with van der Waals surface area (Å²) in [5, 5.41) is -1.26. The van der Waals surface area contributed by atoms with Crippen molar-refractivity contribution in [2.24, 2.45) is 5.41 Å². The molecular formula is C16H25BrN2O8S. The van der Waals surface area contributed by atoms with Crippen molar-refractivity contribution in [1.29, 1.82) is 0 Å². The van der Waals surface area contributed by atoms with Gasteiger partial charge in [0.1, 0.15) is 10.8 Å². The van der Waals surface area contributed by atoms with Crippen LogP contribution < -0.4 is 5.48 Å². The van der Waals surface area contributed by atoms with Gasteiger partial charge in [-0.3, -0.25) is 9.59 Å². The average Bonchev–Trinajstić information content (AvgIpc) is 2.72. The summed E-state index contributed by atoms with van der Waals surface area (Å²) in [5.74, 6) is -2.12. The number of nitrogens with one attached hydrogen (secondary N) is 1. The highest BCUT2D eigenvalue weighted by molar-refractivity contribution is 9.10. The molecule has 0 saturated carbocycles. The van der Waals surface area contributed by atoms with Crippen molar-refractivity contribution in [3.63, 3.8) is 0 Å². The van der Waals surface area contributed by atoms with E-state index >= 15 is 0 Å². The number of hydrogen-bond acceptors (Lipinski definition) is 9. The zero-order valence-corrected chi connectivity index (χ0v) is 19.0. The van der Waals surface area contributed by atoms with E-state index < -0.39 is 60.4 Å². The molecule has 0 aromatic heterocycles. The lowest BCUT2D eigenvalue weighted by atomic mass is 9.91. The van der Waals surface area contributed by atoms with Crippen LogP contribution in [0.3, 0.4) is 0 Å². The molecule has 28 heavy (non-hydrogen) atoms. The third-order valence-electron chi connectivity index (χ3n) is 4.90. The van der Waals surface area contributed by atoms with Crippen molar-refractivity contribution >= 4 is 43.6 Å². The van der Waals surface area contributed by atoms with Gasteiger partial charge in [0.2, 0.25) is 12.7 Å². The van der Waals surface area contributed by atoms with Gasteiger partial charge in [0.05, 0.1) is 12.5 Å². The Morgan fingerprint density at radius 2 is 1.82 bits per heavy atom. The van der Waals surface area contributed by atoms with Crippen LogP contribution in [-0.4, -0.2) is 72.1 Å². The van der Waals surface area contributed by atoms with E-state index in [9.17, 15) is 22.8 Å². The van der Waals surface area contributed by atoms with Gasteiger partial charge < -0.3 is 19.2 Å².